The van der Waals surface area contributed by atoms with E-state index in [4.69, 9.17) is 10.5 Å². The van der Waals surface area contributed by atoms with E-state index in [-0.39, 0.29) is 17.7 Å². The van der Waals surface area contributed by atoms with Gasteiger partial charge in [-0.3, -0.25) is 0 Å². The molecule has 0 radical (unpaired) electrons. The Balaban J connectivity index is 2.17. The minimum atomic E-state index is -0.417. The number of carbonyl (C=O) groups excluding carboxylic acids is 1. The van der Waals surface area contributed by atoms with Crippen LogP contribution in [0.25, 0.3) is 5.69 Å². The molecule has 0 aliphatic heterocycles. The molecule has 1 heterocycles. The van der Waals surface area contributed by atoms with Crippen molar-refractivity contribution < 1.29 is 9.53 Å². The number of esters is 1. The first-order chi connectivity index (χ1) is 9.49. The van der Waals surface area contributed by atoms with E-state index in [0.29, 0.717) is 5.69 Å². The van der Waals surface area contributed by atoms with E-state index in [1.165, 1.54) is 0 Å². The van der Waals surface area contributed by atoms with Crippen molar-refractivity contribution in [3.05, 3.63) is 42.2 Å². The van der Waals surface area contributed by atoms with Gasteiger partial charge in [0.1, 0.15) is 6.10 Å². The first-order valence-electron chi connectivity index (χ1n) is 6.60. The standard InChI is InChI=1S/C15H19N3O2/c1-10(2)11(3)20-15(19)13-8-9-18(17-13)14-7-5-4-6-12(14)16/h4-11H,16H2,1-3H3. The number of ether oxygens (including phenoxy) is 1. The number of nitrogen functional groups attached to an aromatic ring is 1. The summed E-state index contributed by atoms with van der Waals surface area (Å²) in [5.74, 6) is -0.148. The minimum Gasteiger partial charge on any atom is -0.458 e. The summed E-state index contributed by atoms with van der Waals surface area (Å²) in [6.07, 6.45) is 1.55. The highest BCUT2D eigenvalue weighted by Crippen LogP contribution is 2.16. The molecule has 1 aromatic heterocycles. The van der Waals surface area contributed by atoms with Gasteiger partial charge in [0, 0.05) is 6.20 Å². The molecule has 0 saturated carbocycles. The average molecular weight is 273 g/mol. The van der Waals surface area contributed by atoms with Crippen LogP contribution >= 0.6 is 0 Å². The van der Waals surface area contributed by atoms with Gasteiger partial charge in [0.2, 0.25) is 0 Å². The third-order valence-corrected chi connectivity index (χ3v) is 3.21. The number of anilines is 1. The van der Waals surface area contributed by atoms with Gasteiger partial charge in [0.15, 0.2) is 5.69 Å². The Labute approximate surface area is 118 Å². The Bertz CT molecular complexity index is 605. The number of benzene rings is 1. The molecular formula is C15H19N3O2. The van der Waals surface area contributed by atoms with E-state index in [1.54, 1.807) is 23.0 Å². The van der Waals surface area contributed by atoms with Gasteiger partial charge in [0.05, 0.1) is 11.4 Å². The molecule has 20 heavy (non-hydrogen) atoms. The van der Waals surface area contributed by atoms with Crippen molar-refractivity contribution in [1.29, 1.82) is 0 Å². The molecule has 0 aliphatic carbocycles. The summed E-state index contributed by atoms with van der Waals surface area (Å²) in [6.45, 7) is 5.87. The van der Waals surface area contributed by atoms with Gasteiger partial charge < -0.3 is 10.5 Å². The molecular weight excluding hydrogens is 254 g/mol. The van der Waals surface area contributed by atoms with Gasteiger partial charge >= 0.3 is 5.97 Å². The highest BCUT2D eigenvalue weighted by molar-refractivity contribution is 5.87. The van der Waals surface area contributed by atoms with Crippen LogP contribution in [0, 0.1) is 5.92 Å². The van der Waals surface area contributed by atoms with Crippen LogP contribution in [0.1, 0.15) is 31.3 Å². The second-order valence-corrected chi connectivity index (χ2v) is 5.06. The third kappa shape index (κ3) is 2.99. The van der Waals surface area contributed by atoms with Crippen molar-refractivity contribution in [1.82, 2.24) is 9.78 Å². The van der Waals surface area contributed by atoms with Gasteiger partial charge in [-0.05, 0) is 31.0 Å². The highest BCUT2D eigenvalue weighted by atomic mass is 16.5. The maximum atomic E-state index is 12.0. The molecule has 1 atom stereocenters. The maximum Gasteiger partial charge on any atom is 0.359 e. The monoisotopic (exact) mass is 273 g/mol. The largest absolute Gasteiger partial charge is 0.458 e. The first kappa shape index (κ1) is 14.1. The molecule has 0 saturated heterocycles. The molecule has 0 bridgehead atoms. The lowest BCUT2D eigenvalue weighted by atomic mass is 10.1. The molecule has 0 fully saturated rings. The average Bonchev–Trinajstić information content (AvgIpc) is 2.88. The predicted octanol–water partition coefficient (Wildman–Crippen LogP) is 2.66. The smallest absolute Gasteiger partial charge is 0.359 e. The number of carbonyl (C=O) groups is 1. The van der Waals surface area contributed by atoms with E-state index < -0.39 is 5.97 Å². The SMILES string of the molecule is CC(C)C(C)OC(=O)c1ccn(-c2ccccc2N)n1. The third-order valence-electron chi connectivity index (χ3n) is 3.21. The van der Waals surface area contributed by atoms with Gasteiger partial charge in [-0.25, -0.2) is 9.48 Å². The summed E-state index contributed by atoms with van der Waals surface area (Å²) in [5.41, 5.74) is 7.50. The highest BCUT2D eigenvalue weighted by Gasteiger charge is 2.17. The zero-order valence-corrected chi connectivity index (χ0v) is 11.9. The molecule has 2 rings (SSSR count). The van der Waals surface area contributed by atoms with E-state index in [0.717, 1.165) is 5.69 Å². The van der Waals surface area contributed by atoms with Crippen LogP contribution in [0.3, 0.4) is 0 Å². The number of aromatic nitrogens is 2. The van der Waals surface area contributed by atoms with Crippen molar-refractivity contribution in [2.24, 2.45) is 5.92 Å². The van der Waals surface area contributed by atoms with E-state index in [1.807, 2.05) is 39.0 Å². The number of para-hydroxylation sites is 2. The van der Waals surface area contributed by atoms with Crippen LogP contribution in [-0.4, -0.2) is 21.9 Å². The second-order valence-electron chi connectivity index (χ2n) is 5.06. The molecule has 5 nitrogen and oxygen atoms in total. The topological polar surface area (TPSA) is 70.1 Å². The zero-order chi connectivity index (χ0) is 14.7. The van der Waals surface area contributed by atoms with Crippen LogP contribution in [0.5, 0.6) is 0 Å². The lowest BCUT2D eigenvalue weighted by Gasteiger charge is -2.15. The van der Waals surface area contributed by atoms with Crippen LogP contribution in [0.2, 0.25) is 0 Å². The summed E-state index contributed by atoms with van der Waals surface area (Å²) in [7, 11) is 0. The lowest BCUT2D eigenvalue weighted by Crippen LogP contribution is -2.20. The fraction of sp³-hybridized carbons (Fsp3) is 0.333. The normalized spacial score (nSPS) is 12.4. The van der Waals surface area contributed by atoms with Gasteiger partial charge in [0.25, 0.3) is 0 Å². The second kappa shape index (κ2) is 5.77. The Hall–Kier alpha value is -2.30. The summed E-state index contributed by atoms with van der Waals surface area (Å²) < 4.78 is 6.91. The molecule has 2 N–H and O–H groups in total. The van der Waals surface area contributed by atoms with Crippen molar-refractivity contribution in [2.45, 2.75) is 26.9 Å². The summed E-state index contributed by atoms with van der Waals surface area (Å²) >= 11 is 0. The van der Waals surface area contributed by atoms with E-state index in [2.05, 4.69) is 5.10 Å². The number of nitrogens with zero attached hydrogens (tertiary/aromatic N) is 2. The number of hydrogen-bond donors (Lipinski definition) is 1. The van der Waals surface area contributed by atoms with Crippen molar-refractivity contribution in [3.63, 3.8) is 0 Å². The van der Waals surface area contributed by atoms with Gasteiger partial charge in [-0.2, -0.15) is 5.10 Å². The number of nitrogens with two attached hydrogens (primary N) is 1. The van der Waals surface area contributed by atoms with Crippen LogP contribution in [-0.2, 0) is 4.74 Å². The quantitative estimate of drug-likeness (QED) is 0.686. The van der Waals surface area contributed by atoms with Crippen molar-refractivity contribution >= 4 is 11.7 Å². The zero-order valence-electron chi connectivity index (χ0n) is 11.9. The van der Waals surface area contributed by atoms with Crippen LogP contribution in [0.15, 0.2) is 36.5 Å². The molecule has 106 valence electrons. The van der Waals surface area contributed by atoms with Gasteiger partial charge in [-0.15, -0.1) is 0 Å². The summed E-state index contributed by atoms with van der Waals surface area (Å²) in [6, 6.07) is 8.97. The fourth-order valence-corrected chi connectivity index (χ4v) is 1.63. The molecule has 2 aromatic rings. The molecule has 0 amide bonds. The maximum absolute atomic E-state index is 12.0. The molecule has 0 aliphatic rings. The molecule has 0 spiro atoms. The summed E-state index contributed by atoms with van der Waals surface area (Å²) in [5, 5.41) is 4.22. The molecule has 1 unspecified atom stereocenters. The van der Waals surface area contributed by atoms with Crippen LogP contribution < -0.4 is 5.73 Å². The Morgan fingerprint density at radius 1 is 1.25 bits per heavy atom. The molecule has 1 aromatic carbocycles. The molecule has 5 heteroatoms. The predicted molar refractivity (Wildman–Crippen MR) is 77.7 cm³/mol. The Morgan fingerprint density at radius 3 is 2.60 bits per heavy atom. The Morgan fingerprint density at radius 2 is 1.95 bits per heavy atom. The Kier molecular flexibility index (Phi) is 4.08. The summed E-state index contributed by atoms with van der Waals surface area (Å²) in [4.78, 5) is 12.0. The number of rotatable bonds is 4. The fourth-order valence-electron chi connectivity index (χ4n) is 1.63. The first-order valence-corrected chi connectivity index (χ1v) is 6.60. The van der Waals surface area contributed by atoms with E-state index in [9.17, 15) is 4.79 Å². The van der Waals surface area contributed by atoms with Crippen LogP contribution in [0.4, 0.5) is 5.69 Å². The lowest BCUT2D eigenvalue weighted by molar-refractivity contribution is 0.0230. The number of hydrogen-bond acceptors (Lipinski definition) is 4. The van der Waals surface area contributed by atoms with Crippen molar-refractivity contribution in [3.8, 4) is 5.69 Å². The minimum absolute atomic E-state index is 0.144. The van der Waals surface area contributed by atoms with Crippen molar-refractivity contribution in [2.75, 3.05) is 5.73 Å². The van der Waals surface area contributed by atoms with Gasteiger partial charge in [-0.1, -0.05) is 26.0 Å². The van der Waals surface area contributed by atoms with E-state index >= 15 is 0 Å².